The van der Waals surface area contributed by atoms with Crippen molar-refractivity contribution in [2.24, 2.45) is 4.99 Å². The van der Waals surface area contributed by atoms with Gasteiger partial charge in [0.1, 0.15) is 5.01 Å². The molecule has 7 heteroatoms. The lowest BCUT2D eigenvalue weighted by atomic mass is 9.80. The van der Waals surface area contributed by atoms with Crippen LogP contribution in [0.2, 0.25) is 0 Å². The second-order valence-electron chi connectivity index (χ2n) is 7.41. The van der Waals surface area contributed by atoms with E-state index < -0.39 is 0 Å². The van der Waals surface area contributed by atoms with Gasteiger partial charge in [-0.2, -0.15) is 0 Å². The molecular weight excluding hydrogens is 346 g/mol. The number of guanidine groups is 1. The summed E-state index contributed by atoms with van der Waals surface area (Å²) in [6, 6.07) is 0. The number of rotatable bonds is 5. The number of hydrogen-bond donors (Lipinski definition) is 2. The van der Waals surface area contributed by atoms with Crippen LogP contribution in [0.3, 0.4) is 0 Å². The molecule has 1 aliphatic carbocycles. The standard InChI is InChI=1S/C19H33N5OS/c1-15-16(2)26-17(23-15)13-21-18(20-3)22-14-19(7-5-4-6-8-19)24-9-11-25-12-10-24/h4-14H2,1-3H3,(H2,20,21,22). The monoisotopic (exact) mass is 379 g/mol. The maximum absolute atomic E-state index is 5.58. The average Bonchev–Trinajstić information content (AvgIpc) is 3.01. The summed E-state index contributed by atoms with van der Waals surface area (Å²) in [5.74, 6) is 0.869. The largest absolute Gasteiger partial charge is 0.379 e. The summed E-state index contributed by atoms with van der Waals surface area (Å²) < 4.78 is 5.58. The highest BCUT2D eigenvalue weighted by Crippen LogP contribution is 2.33. The molecule has 1 aromatic rings. The number of thiazole rings is 1. The Hall–Kier alpha value is -1.18. The van der Waals surface area contributed by atoms with Crippen LogP contribution in [0.5, 0.6) is 0 Å². The maximum Gasteiger partial charge on any atom is 0.191 e. The molecule has 2 aliphatic rings. The molecule has 2 heterocycles. The lowest BCUT2D eigenvalue weighted by Gasteiger charge is -2.48. The number of nitrogens with one attached hydrogen (secondary N) is 2. The van der Waals surface area contributed by atoms with Gasteiger partial charge in [-0.05, 0) is 26.7 Å². The van der Waals surface area contributed by atoms with Crippen molar-refractivity contribution in [1.29, 1.82) is 0 Å². The van der Waals surface area contributed by atoms with Gasteiger partial charge < -0.3 is 15.4 Å². The highest BCUT2D eigenvalue weighted by Gasteiger charge is 2.38. The number of aromatic nitrogens is 1. The molecule has 2 N–H and O–H groups in total. The van der Waals surface area contributed by atoms with Crippen LogP contribution in [-0.4, -0.2) is 61.3 Å². The summed E-state index contributed by atoms with van der Waals surface area (Å²) in [4.78, 5) is 13.0. The zero-order valence-corrected chi connectivity index (χ0v) is 17.3. The molecule has 1 saturated heterocycles. The first kappa shape index (κ1) is 19.6. The van der Waals surface area contributed by atoms with Gasteiger partial charge in [-0.3, -0.25) is 9.89 Å². The van der Waals surface area contributed by atoms with E-state index in [-0.39, 0.29) is 5.54 Å². The maximum atomic E-state index is 5.58. The van der Waals surface area contributed by atoms with Gasteiger partial charge in [-0.25, -0.2) is 4.98 Å². The fraction of sp³-hybridized carbons (Fsp3) is 0.789. The van der Waals surface area contributed by atoms with Crippen LogP contribution in [0, 0.1) is 13.8 Å². The molecule has 0 aromatic carbocycles. The Morgan fingerprint density at radius 1 is 1.19 bits per heavy atom. The molecule has 6 nitrogen and oxygen atoms in total. The predicted octanol–water partition coefficient (Wildman–Crippen LogP) is 2.46. The van der Waals surface area contributed by atoms with E-state index in [1.807, 2.05) is 7.05 Å². The van der Waals surface area contributed by atoms with Gasteiger partial charge in [0.2, 0.25) is 0 Å². The summed E-state index contributed by atoms with van der Waals surface area (Å²) in [6.07, 6.45) is 6.54. The SMILES string of the molecule is CN=C(NCc1nc(C)c(C)s1)NCC1(N2CCOCC2)CCCCC1. The molecule has 1 aliphatic heterocycles. The fourth-order valence-electron chi connectivity index (χ4n) is 4.10. The van der Waals surface area contributed by atoms with Crippen molar-refractivity contribution in [2.75, 3.05) is 39.9 Å². The number of aryl methyl sites for hydroxylation is 2. The Bertz CT molecular complexity index is 584. The van der Waals surface area contributed by atoms with Crippen LogP contribution in [-0.2, 0) is 11.3 Å². The third kappa shape index (κ3) is 4.75. The normalized spacial score (nSPS) is 21.6. The van der Waals surface area contributed by atoms with Crippen molar-refractivity contribution in [3.8, 4) is 0 Å². The van der Waals surface area contributed by atoms with E-state index in [1.54, 1.807) is 11.3 Å². The van der Waals surface area contributed by atoms with E-state index in [0.29, 0.717) is 0 Å². The van der Waals surface area contributed by atoms with Crippen molar-refractivity contribution >= 4 is 17.3 Å². The molecule has 0 spiro atoms. The van der Waals surface area contributed by atoms with Gasteiger partial charge >= 0.3 is 0 Å². The molecule has 0 unspecified atom stereocenters. The molecule has 1 saturated carbocycles. The van der Waals surface area contributed by atoms with Crippen LogP contribution in [0.1, 0.15) is 47.7 Å². The van der Waals surface area contributed by atoms with Crippen molar-refractivity contribution in [1.82, 2.24) is 20.5 Å². The molecule has 3 rings (SSSR count). The summed E-state index contributed by atoms with van der Waals surface area (Å²) in [6.45, 7) is 9.67. The van der Waals surface area contributed by atoms with Crippen LogP contribution in [0.4, 0.5) is 0 Å². The van der Waals surface area contributed by atoms with Gasteiger partial charge in [0.15, 0.2) is 5.96 Å². The molecule has 0 radical (unpaired) electrons. The second-order valence-corrected chi connectivity index (χ2v) is 8.70. The highest BCUT2D eigenvalue weighted by atomic mass is 32.1. The van der Waals surface area contributed by atoms with E-state index in [0.717, 1.165) is 56.1 Å². The van der Waals surface area contributed by atoms with Crippen molar-refractivity contribution in [3.05, 3.63) is 15.6 Å². The fourth-order valence-corrected chi connectivity index (χ4v) is 4.97. The Labute approximate surface area is 161 Å². The number of morpholine rings is 1. The first-order valence-electron chi connectivity index (χ1n) is 9.83. The van der Waals surface area contributed by atoms with Gasteiger partial charge in [-0.1, -0.05) is 19.3 Å². The smallest absolute Gasteiger partial charge is 0.191 e. The highest BCUT2D eigenvalue weighted by molar-refractivity contribution is 7.11. The van der Waals surface area contributed by atoms with E-state index in [9.17, 15) is 0 Å². The zero-order chi connectivity index (χ0) is 18.4. The van der Waals surface area contributed by atoms with E-state index >= 15 is 0 Å². The van der Waals surface area contributed by atoms with Crippen LogP contribution < -0.4 is 10.6 Å². The molecule has 0 bridgehead atoms. The third-order valence-corrected chi connectivity index (χ3v) is 6.83. The predicted molar refractivity (Wildman–Crippen MR) is 108 cm³/mol. The Balaban J connectivity index is 1.57. The number of aliphatic imine (C=N–C) groups is 1. The molecule has 26 heavy (non-hydrogen) atoms. The van der Waals surface area contributed by atoms with Crippen LogP contribution in [0.25, 0.3) is 0 Å². The number of nitrogens with zero attached hydrogens (tertiary/aromatic N) is 3. The van der Waals surface area contributed by atoms with Gasteiger partial charge in [-0.15, -0.1) is 11.3 Å². The van der Waals surface area contributed by atoms with E-state index in [2.05, 4.69) is 39.4 Å². The summed E-state index contributed by atoms with van der Waals surface area (Å²) in [5, 5.41) is 8.15. The molecule has 2 fully saturated rings. The van der Waals surface area contributed by atoms with Gasteiger partial charge in [0.25, 0.3) is 0 Å². The molecular formula is C19H33N5OS. The summed E-state index contributed by atoms with van der Waals surface area (Å²) in [5.41, 5.74) is 1.37. The van der Waals surface area contributed by atoms with Gasteiger partial charge in [0.05, 0.1) is 25.5 Å². The zero-order valence-electron chi connectivity index (χ0n) is 16.4. The Kier molecular flexibility index (Phi) is 6.89. The van der Waals surface area contributed by atoms with Crippen molar-refractivity contribution in [3.63, 3.8) is 0 Å². The van der Waals surface area contributed by atoms with Crippen LogP contribution in [0.15, 0.2) is 4.99 Å². The van der Waals surface area contributed by atoms with Crippen molar-refractivity contribution < 1.29 is 4.74 Å². The lowest BCUT2D eigenvalue weighted by molar-refractivity contribution is -0.0352. The number of hydrogen-bond acceptors (Lipinski definition) is 5. The first-order valence-corrected chi connectivity index (χ1v) is 10.6. The molecule has 0 amide bonds. The minimum atomic E-state index is 0.244. The second kappa shape index (κ2) is 9.15. The first-order chi connectivity index (χ1) is 12.6. The number of ether oxygens (including phenoxy) is 1. The molecule has 0 atom stereocenters. The minimum absolute atomic E-state index is 0.244. The Morgan fingerprint density at radius 2 is 1.92 bits per heavy atom. The minimum Gasteiger partial charge on any atom is -0.379 e. The summed E-state index contributed by atoms with van der Waals surface area (Å²) >= 11 is 1.76. The summed E-state index contributed by atoms with van der Waals surface area (Å²) in [7, 11) is 1.84. The van der Waals surface area contributed by atoms with Gasteiger partial charge in [0, 0.05) is 37.1 Å². The Morgan fingerprint density at radius 3 is 2.54 bits per heavy atom. The lowest BCUT2D eigenvalue weighted by Crippen LogP contribution is -2.60. The van der Waals surface area contributed by atoms with Crippen molar-refractivity contribution in [2.45, 2.75) is 58.0 Å². The third-order valence-electron chi connectivity index (χ3n) is 5.75. The molecule has 146 valence electrons. The topological polar surface area (TPSA) is 61.8 Å². The average molecular weight is 380 g/mol. The molecule has 1 aromatic heterocycles. The van der Waals surface area contributed by atoms with E-state index in [1.165, 1.54) is 37.0 Å². The quantitative estimate of drug-likeness (QED) is 0.608. The van der Waals surface area contributed by atoms with Crippen LogP contribution >= 0.6 is 11.3 Å². The van der Waals surface area contributed by atoms with E-state index in [4.69, 9.17) is 4.74 Å².